The molecule has 2 aromatic rings. The average molecular weight is 472 g/mol. The van der Waals surface area contributed by atoms with E-state index >= 15 is 0 Å². The number of oxazole rings is 1. The van der Waals surface area contributed by atoms with Crippen LogP contribution in [0.5, 0.6) is 5.75 Å². The Morgan fingerprint density at radius 2 is 1.88 bits per heavy atom. The van der Waals surface area contributed by atoms with Crippen LogP contribution in [0.4, 0.5) is 0 Å². The summed E-state index contributed by atoms with van der Waals surface area (Å²) in [6.45, 7) is 9.93. The molecule has 0 aliphatic rings. The van der Waals surface area contributed by atoms with Crippen molar-refractivity contribution in [2.24, 2.45) is 10.9 Å². The van der Waals surface area contributed by atoms with Gasteiger partial charge in [-0.1, -0.05) is 32.0 Å². The molecule has 1 aromatic heterocycles. The monoisotopic (exact) mass is 472 g/mol. The Morgan fingerprint density at radius 3 is 2.50 bits per heavy atom. The van der Waals surface area contributed by atoms with Gasteiger partial charge in [0.25, 0.3) is 0 Å². The molecular weight excluding hydrogens is 443 g/mol. The molecule has 7 heteroatoms. The summed E-state index contributed by atoms with van der Waals surface area (Å²) in [6, 6.07) is 8.04. The van der Waals surface area contributed by atoms with Crippen molar-refractivity contribution >= 4 is 29.9 Å². The molecule has 1 aromatic carbocycles. The number of rotatable bonds is 7. The van der Waals surface area contributed by atoms with Gasteiger partial charge in [0.1, 0.15) is 11.5 Å². The highest BCUT2D eigenvalue weighted by molar-refractivity contribution is 14.0. The summed E-state index contributed by atoms with van der Waals surface area (Å²) in [4.78, 5) is 8.59. The third kappa shape index (κ3) is 6.86. The molecule has 0 unspecified atom stereocenters. The Morgan fingerprint density at radius 1 is 1.19 bits per heavy atom. The summed E-state index contributed by atoms with van der Waals surface area (Å²) in [7, 11) is 1.74. The molecule has 0 aliphatic carbocycles. The van der Waals surface area contributed by atoms with E-state index in [4.69, 9.17) is 9.15 Å². The Labute approximate surface area is 172 Å². The van der Waals surface area contributed by atoms with Gasteiger partial charge in [-0.2, -0.15) is 0 Å². The van der Waals surface area contributed by atoms with E-state index in [1.54, 1.807) is 7.05 Å². The van der Waals surface area contributed by atoms with Crippen LogP contribution in [-0.4, -0.2) is 24.6 Å². The lowest BCUT2D eigenvalue weighted by molar-refractivity contribution is 0.268. The maximum atomic E-state index is 5.88. The number of hydrogen-bond donors (Lipinski definition) is 2. The second-order valence-corrected chi connectivity index (χ2v) is 6.34. The fraction of sp³-hybridized carbons (Fsp3) is 0.474. The Hall–Kier alpha value is -1.77. The zero-order valence-electron chi connectivity index (χ0n) is 16.1. The highest BCUT2D eigenvalue weighted by atomic mass is 127. The topological polar surface area (TPSA) is 71.7 Å². The number of halogens is 1. The van der Waals surface area contributed by atoms with Crippen LogP contribution in [0.25, 0.3) is 0 Å². The number of ether oxygens (including phenoxy) is 1. The minimum absolute atomic E-state index is 0. The van der Waals surface area contributed by atoms with Gasteiger partial charge in [-0.05, 0) is 25.8 Å². The third-order valence-corrected chi connectivity index (χ3v) is 3.69. The van der Waals surface area contributed by atoms with Gasteiger partial charge in [-0.3, -0.25) is 4.99 Å². The van der Waals surface area contributed by atoms with E-state index in [0.29, 0.717) is 37.5 Å². The number of benzene rings is 1. The lowest BCUT2D eigenvalue weighted by Gasteiger charge is -2.15. The molecule has 2 rings (SSSR count). The van der Waals surface area contributed by atoms with Crippen molar-refractivity contribution in [2.45, 2.75) is 40.8 Å². The van der Waals surface area contributed by atoms with Gasteiger partial charge in [-0.15, -0.1) is 24.0 Å². The van der Waals surface area contributed by atoms with E-state index in [1.807, 2.05) is 32.0 Å². The van der Waals surface area contributed by atoms with Gasteiger partial charge in [0.05, 0.1) is 18.8 Å². The van der Waals surface area contributed by atoms with Crippen LogP contribution in [0.1, 0.15) is 36.8 Å². The van der Waals surface area contributed by atoms with Crippen LogP contribution in [0.2, 0.25) is 0 Å². The zero-order valence-corrected chi connectivity index (χ0v) is 18.5. The van der Waals surface area contributed by atoms with E-state index in [0.717, 1.165) is 22.8 Å². The molecule has 0 amide bonds. The minimum Gasteiger partial charge on any atom is -0.493 e. The fourth-order valence-electron chi connectivity index (χ4n) is 2.22. The quantitative estimate of drug-likeness (QED) is 0.365. The van der Waals surface area contributed by atoms with Gasteiger partial charge < -0.3 is 19.8 Å². The maximum Gasteiger partial charge on any atom is 0.214 e. The standard InChI is InChI=1S/C19H28N4O2.HI/c1-13(2)12-24-17-9-7-6-8-16(17)10-21-19(20-5)22-11-18-23-14(3)15(4)25-18;/h6-9,13H,10-12H2,1-5H3,(H2,20,21,22);1H. The minimum atomic E-state index is 0. The van der Waals surface area contributed by atoms with E-state index in [-0.39, 0.29) is 24.0 Å². The molecule has 0 bridgehead atoms. The highest BCUT2D eigenvalue weighted by Crippen LogP contribution is 2.18. The van der Waals surface area contributed by atoms with Gasteiger partial charge in [0.2, 0.25) is 5.89 Å². The summed E-state index contributed by atoms with van der Waals surface area (Å²) in [5.41, 5.74) is 2.00. The predicted octanol–water partition coefficient (Wildman–Crippen LogP) is 3.81. The number of para-hydroxylation sites is 1. The molecule has 144 valence electrons. The molecule has 26 heavy (non-hydrogen) atoms. The van der Waals surface area contributed by atoms with Gasteiger partial charge in [0, 0.05) is 19.2 Å². The molecule has 0 radical (unpaired) electrons. The lowest BCUT2D eigenvalue weighted by atomic mass is 10.2. The first-order valence-electron chi connectivity index (χ1n) is 8.57. The van der Waals surface area contributed by atoms with Gasteiger partial charge in [0.15, 0.2) is 5.96 Å². The second-order valence-electron chi connectivity index (χ2n) is 6.34. The molecule has 0 atom stereocenters. The molecule has 0 fully saturated rings. The largest absolute Gasteiger partial charge is 0.493 e. The Balaban J connectivity index is 0.00000338. The van der Waals surface area contributed by atoms with Crippen molar-refractivity contribution in [3.8, 4) is 5.75 Å². The Kier molecular flexibility index (Phi) is 9.47. The molecule has 0 aliphatic heterocycles. The molecule has 0 saturated heterocycles. The van der Waals surface area contributed by atoms with Crippen LogP contribution in [0.3, 0.4) is 0 Å². The van der Waals surface area contributed by atoms with Crippen LogP contribution in [0, 0.1) is 19.8 Å². The summed E-state index contributed by atoms with van der Waals surface area (Å²) < 4.78 is 11.5. The summed E-state index contributed by atoms with van der Waals surface area (Å²) in [5, 5.41) is 6.50. The lowest BCUT2D eigenvalue weighted by Crippen LogP contribution is -2.36. The van der Waals surface area contributed by atoms with Crippen molar-refractivity contribution in [1.82, 2.24) is 15.6 Å². The van der Waals surface area contributed by atoms with Crippen LogP contribution in [-0.2, 0) is 13.1 Å². The first kappa shape index (κ1) is 22.3. The van der Waals surface area contributed by atoms with Crippen molar-refractivity contribution in [3.63, 3.8) is 0 Å². The first-order valence-corrected chi connectivity index (χ1v) is 8.57. The molecule has 0 spiro atoms. The summed E-state index contributed by atoms with van der Waals surface area (Å²) in [6.07, 6.45) is 0. The normalized spacial score (nSPS) is 11.2. The van der Waals surface area contributed by atoms with E-state index in [1.165, 1.54) is 0 Å². The highest BCUT2D eigenvalue weighted by Gasteiger charge is 2.08. The number of guanidine groups is 1. The van der Waals surface area contributed by atoms with Gasteiger partial charge >= 0.3 is 0 Å². The third-order valence-electron chi connectivity index (χ3n) is 3.69. The van der Waals surface area contributed by atoms with E-state index < -0.39 is 0 Å². The summed E-state index contributed by atoms with van der Waals surface area (Å²) >= 11 is 0. The average Bonchev–Trinajstić information content (AvgIpc) is 2.92. The number of nitrogens with one attached hydrogen (secondary N) is 2. The fourth-order valence-corrected chi connectivity index (χ4v) is 2.22. The summed E-state index contributed by atoms with van der Waals surface area (Å²) in [5.74, 6) is 3.57. The predicted molar refractivity (Wildman–Crippen MR) is 115 cm³/mol. The number of aryl methyl sites for hydroxylation is 2. The molecule has 2 N–H and O–H groups in total. The maximum absolute atomic E-state index is 5.88. The zero-order chi connectivity index (χ0) is 18.2. The van der Waals surface area contributed by atoms with Crippen LogP contribution in [0.15, 0.2) is 33.7 Å². The molecular formula is C19H29IN4O2. The number of nitrogens with zero attached hydrogens (tertiary/aromatic N) is 2. The second kappa shape index (κ2) is 11.1. The number of aliphatic imine (C=N–C) groups is 1. The SMILES string of the molecule is CN=C(NCc1nc(C)c(C)o1)NCc1ccccc1OCC(C)C.I. The van der Waals surface area contributed by atoms with Crippen molar-refractivity contribution in [2.75, 3.05) is 13.7 Å². The first-order chi connectivity index (χ1) is 12.0. The van der Waals surface area contributed by atoms with Crippen molar-refractivity contribution in [1.29, 1.82) is 0 Å². The van der Waals surface area contributed by atoms with E-state index in [2.05, 4.69) is 40.5 Å². The smallest absolute Gasteiger partial charge is 0.214 e. The molecule has 6 nitrogen and oxygen atoms in total. The molecule has 0 saturated carbocycles. The van der Waals surface area contributed by atoms with Crippen LogP contribution >= 0.6 is 24.0 Å². The number of hydrogen-bond acceptors (Lipinski definition) is 4. The van der Waals surface area contributed by atoms with Crippen molar-refractivity contribution in [3.05, 3.63) is 47.2 Å². The van der Waals surface area contributed by atoms with Crippen molar-refractivity contribution < 1.29 is 9.15 Å². The number of aromatic nitrogens is 1. The molecule has 1 heterocycles. The van der Waals surface area contributed by atoms with E-state index in [9.17, 15) is 0 Å². The van der Waals surface area contributed by atoms with Gasteiger partial charge in [-0.25, -0.2) is 4.98 Å². The van der Waals surface area contributed by atoms with Crippen LogP contribution < -0.4 is 15.4 Å². The Bertz CT molecular complexity index is 694.